The highest BCUT2D eigenvalue weighted by atomic mass is 16.5. The second-order valence-electron chi connectivity index (χ2n) is 5.34. The second-order valence-corrected chi connectivity index (χ2v) is 5.34. The molecule has 22 heavy (non-hydrogen) atoms. The predicted octanol–water partition coefficient (Wildman–Crippen LogP) is 3.79. The lowest BCUT2D eigenvalue weighted by Crippen LogP contribution is -2.40. The van der Waals surface area contributed by atoms with E-state index in [0.29, 0.717) is 5.69 Å². The number of nitrogens with one attached hydrogen (secondary N) is 1. The van der Waals surface area contributed by atoms with Crippen molar-refractivity contribution in [1.29, 1.82) is 0 Å². The predicted molar refractivity (Wildman–Crippen MR) is 89.0 cm³/mol. The van der Waals surface area contributed by atoms with Gasteiger partial charge in [-0.3, -0.25) is 4.79 Å². The van der Waals surface area contributed by atoms with Gasteiger partial charge >= 0.3 is 0 Å². The minimum atomic E-state index is -0.495. The van der Waals surface area contributed by atoms with Crippen molar-refractivity contribution in [2.24, 2.45) is 11.7 Å². The average Bonchev–Trinajstić information content (AvgIpc) is 2.56. The molecule has 0 spiro atoms. The van der Waals surface area contributed by atoms with Crippen molar-refractivity contribution < 1.29 is 9.53 Å². The first-order valence-electron chi connectivity index (χ1n) is 7.49. The van der Waals surface area contributed by atoms with E-state index in [-0.39, 0.29) is 11.8 Å². The average molecular weight is 298 g/mol. The van der Waals surface area contributed by atoms with Gasteiger partial charge in [0.2, 0.25) is 5.91 Å². The smallest absolute Gasteiger partial charge is 0.241 e. The van der Waals surface area contributed by atoms with Crippen LogP contribution in [-0.4, -0.2) is 11.9 Å². The summed E-state index contributed by atoms with van der Waals surface area (Å²) in [5, 5.41) is 2.83. The zero-order chi connectivity index (χ0) is 15.9. The standard InChI is InChI=1S/C18H22N2O2/c1-3-13(2)17(19)18(21)20-14-9-11-16(12-10-14)22-15-7-5-4-6-8-15/h4-13,17H,3,19H2,1-2H3,(H,20,21)/t13?,17-/m0/s1. The van der Waals surface area contributed by atoms with Crippen LogP contribution in [-0.2, 0) is 4.79 Å². The summed E-state index contributed by atoms with van der Waals surface area (Å²) in [6, 6.07) is 16.3. The summed E-state index contributed by atoms with van der Waals surface area (Å²) in [4.78, 5) is 12.0. The number of nitrogens with two attached hydrogens (primary N) is 1. The largest absolute Gasteiger partial charge is 0.457 e. The van der Waals surface area contributed by atoms with Gasteiger partial charge in [0, 0.05) is 5.69 Å². The number of amides is 1. The highest BCUT2D eigenvalue weighted by Crippen LogP contribution is 2.22. The van der Waals surface area contributed by atoms with Crippen LogP contribution in [0.15, 0.2) is 54.6 Å². The van der Waals surface area contributed by atoms with Crippen LogP contribution in [0.4, 0.5) is 5.69 Å². The van der Waals surface area contributed by atoms with Crippen molar-refractivity contribution in [3.8, 4) is 11.5 Å². The first-order chi connectivity index (χ1) is 10.6. The Morgan fingerprint density at radius 3 is 2.27 bits per heavy atom. The Labute approximate surface area is 131 Å². The second kappa shape index (κ2) is 7.61. The molecule has 0 aliphatic carbocycles. The van der Waals surface area contributed by atoms with E-state index in [1.807, 2.05) is 56.3 Å². The number of para-hydroxylation sites is 1. The first-order valence-corrected chi connectivity index (χ1v) is 7.49. The molecule has 3 N–H and O–H groups in total. The highest BCUT2D eigenvalue weighted by molar-refractivity contribution is 5.94. The van der Waals surface area contributed by atoms with Crippen molar-refractivity contribution in [2.75, 3.05) is 5.32 Å². The number of anilines is 1. The molecule has 0 fully saturated rings. The van der Waals surface area contributed by atoms with Crippen LogP contribution >= 0.6 is 0 Å². The fourth-order valence-electron chi connectivity index (χ4n) is 1.97. The molecule has 2 aromatic rings. The maximum Gasteiger partial charge on any atom is 0.241 e. The summed E-state index contributed by atoms with van der Waals surface area (Å²) in [5.41, 5.74) is 6.63. The molecule has 0 saturated heterocycles. The Bertz CT molecular complexity index is 596. The van der Waals surface area contributed by atoms with Gasteiger partial charge in [0.05, 0.1) is 6.04 Å². The van der Waals surface area contributed by atoms with Gasteiger partial charge in [0.25, 0.3) is 0 Å². The summed E-state index contributed by atoms with van der Waals surface area (Å²) >= 11 is 0. The lowest BCUT2D eigenvalue weighted by atomic mass is 9.99. The molecule has 4 nitrogen and oxygen atoms in total. The van der Waals surface area contributed by atoms with Crippen molar-refractivity contribution in [2.45, 2.75) is 26.3 Å². The molecule has 0 aliphatic rings. The number of hydrogen-bond donors (Lipinski definition) is 2. The number of benzene rings is 2. The summed E-state index contributed by atoms with van der Waals surface area (Å²) in [6.07, 6.45) is 0.873. The molecular formula is C18H22N2O2. The third-order valence-electron chi connectivity index (χ3n) is 3.66. The van der Waals surface area contributed by atoms with Gasteiger partial charge in [-0.15, -0.1) is 0 Å². The molecular weight excluding hydrogens is 276 g/mol. The molecule has 0 aromatic heterocycles. The van der Waals surface area contributed by atoms with Crippen LogP contribution in [0.3, 0.4) is 0 Å². The van der Waals surface area contributed by atoms with Gasteiger partial charge in [0.1, 0.15) is 11.5 Å². The lowest BCUT2D eigenvalue weighted by Gasteiger charge is -2.17. The molecule has 2 rings (SSSR count). The topological polar surface area (TPSA) is 64.4 Å². The van der Waals surface area contributed by atoms with Crippen LogP contribution < -0.4 is 15.8 Å². The molecule has 4 heteroatoms. The number of hydrogen-bond acceptors (Lipinski definition) is 3. The van der Waals surface area contributed by atoms with Crippen LogP contribution in [0, 0.1) is 5.92 Å². The maximum absolute atomic E-state index is 12.0. The number of rotatable bonds is 6. The van der Waals surface area contributed by atoms with E-state index in [0.717, 1.165) is 17.9 Å². The van der Waals surface area contributed by atoms with E-state index in [2.05, 4.69) is 5.32 Å². The zero-order valence-electron chi connectivity index (χ0n) is 13.0. The molecule has 2 aromatic carbocycles. The van der Waals surface area contributed by atoms with Crippen molar-refractivity contribution >= 4 is 11.6 Å². The molecule has 0 saturated carbocycles. The van der Waals surface area contributed by atoms with Crippen molar-refractivity contribution in [3.05, 3.63) is 54.6 Å². The molecule has 2 atom stereocenters. The fraction of sp³-hybridized carbons (Fsp3) is 0.278. The van der Waals surface area contributed by atoms with Crippen molar-refractivity contribution in [1.82, 2.24) is 0 Å². The quantitative estimate of drug-likeness (QED) is 0.852. The monoisotopic (exact) mass is 298 g/mol. The third kappa shape index (κ3) is 4.33. The minimum absolute atomic E-state index is 0.153. The van der Waals surface area contributed by atoms with E-state index < -0.39 is 6.04 Å². The van der Waals surface area contributed by atoms with Crippen molar-refractivity contribution in [3.63, 3.8) is 0 Å². The fourth-order valence-corrected chi connectivity index (χ4v) is 1.97. The third-order valence-corrected chi connectivity index (χ3v) is 3.66. The van der Waals surface area contributed by atoms with Crippen LogP contribution in [0.1, 0.15) is 20.3 Å². The maximum atomic E-state index is 12.0. The lowest BCUT2D eigenvalue weighted by molar-refractivity contribution is -0.118. The Hall–Kier alpha value is -2.33. The Morgan fingerprint density at radius 1 is 1.09 bits per heavy atom. The number of ether oxygens (including phenoxy) is 1. The Balaban J connectivity index is 1.96. The minimum Gasteiger partial charge on any atom is -0.457 e. The van der Waals surface area contributed by atoms with Crippen LogP contribution in [0.5, 0.6) is 11.5 Å². The summed E-state index contributed by atoms with van der Waals surface area (Å²) in [6.45, 7) is 3.99. The van der Waals surface area contributed by atoms with Gasteiger partial charge < -0.3 is 15.8 Å². The Morgan fingerprint density at radius 2 is 1.68 bits per heavy atom. The SMILES string of the molecule is CCC(C)[C@H](N)C(=O)Nc1ccc(Oc2ccccc2)cc1. The van der Waals surface area contributed by atoms with E-state index in [1.165, 1.54) is 0 Å². The number of carbonyl (C=O) groups excluding carboxylic acids is 1. The summed E-state index contributed by atoms with van der Waals surface area (Å²) in [5.74, 6) is 1.49. The summed E-state index contributed by atoms with van der Waals surface area (Å²) in [7, 11) is 0. The van der Waals surface area contributed by atoms with Gasteiger partial charge in [-0.25, -0.2) is 0 Å². The van der Waals surface area contributed by atoms with Gasteiger partial charge in [-0.2, -0.15) is 0 Å². The molecule has 1 unspecified atom stereocenters. The highest BCUT2D eigenvalue weighted by Gasteiger charge is 2.19. The molecule has 0 radical (unpaired) electrons. The van der Waals surface area contributed by atoms with Crippen LogP contribution in [0.2, 0.25) is 0 Å². The molecule has 116 valence electrons. The Kier molecular flexibility index (Phi) is 5.55. The first kappa shape index (κ1) is 16.0. The van der Waals surface area contributed by atoms with E-state index in [9.17, 15) is 4.79 Å². The molecule has 0 aliphatic heterocycles. The van der Waals surface area contributed by atoms with Gasteiger partial charge in [-0.05, 0) is 42.3 Å². The molecule has 0 heterocycles. The summed E-state index contributed by atoms with van der Waals surface area (Å²) < 4.78 is 5.70. The van der Waals surface area contributed by atoms with Crippen LogP contribution in [0.25, 0.3) is 0 Å². The zero-order valence-corrected chi connectivity index (χ0v) is 13.0. The van der Waals surface area contributed by atoms with E-state index >= 15 is 0 Å². The number of carbonyl (C=O) groups is 1. The molecule has 0 bridgehead atoms. The normalized spacial score (nSPS) is 13.2. The molecule has 1 amide bonds. The van der Waals surface area contributed by atoms with Gasteiger partial charge in [0.15, 0.2) is 0 Å². The van der Waals surface area contributed by atoms with E-state index in [4.69, 9.17) is 10.5 Å². The van der Waals surface area contributed by atoms with Gasteiger partial charge in [-0.1, -0.05) is 38.5 Å². The van der Waals surface area contributed by atoms with E-state index in [1.54, 1.807) is 12.1 Å².